The Balaban J connectivity index is 1.44. The molecular formula is C23H15Br2N3O5. The summed E-state index contributed by atoms with van der Waals surface area (Å²) in [6, 6.07) is 18.7. The van der Waals surface area contributed by atoms with E-state index in [1.165, 1.54) is 18.3 Å². The number of rotatable bonds is 7. The smallest absolute Gasteiger partial charge is 0.307 e. The zero-order valence-corrected chi connectivity index (χ0v) is 20.0. The number of nitro groups is 1. The van der Waals surface area contributed by atoms with Crippen molar-refractivity contribution in [2.24, 2.45) is 5.10 Å². The molecule has 4 aromatic rings. The van der Waals surface area contributed by atoms with Gasteiger partial charge >= 0.3 is 5.91 Å². The van der Waals surface area contributed by atoms with E-state index in [0.717, 1.165) is 14.3 Å². The maximum absolute atomic E-state index is 12.5. The number of fused-ring (bicyclic) bond motifs is 1. The number of carbonyl (C=O) groups is 1. The second-order valence-electron chi connectivity index (χ2n) is 6.87. The molecule has 0 atom stereocenters. The van der Waals surface area contributed by atoms with Gasteiger partial charge in [0.15, 0.2) is 5.76 Å². The lowest BCUT2D eigenvalue weighted by atomic mass is 10.2. The first-order chi connectivity index (χ1) is 15.9. The number of amides is 1. The van der Waals surface area contributed by atoms with Crippen LogP contribution in [0.25, 0.3) is 11.0 Å². The van der Waals surface area contributed by atoms with E-state index in [4.69, 9.17) is 9.15 Å². The Morgan fingerprint density at radius 1 is 1.12 bits per heavy atom. The summed E-state index contributed by atoms with van der Waals surface area (Å²) >= 11 is 6.82. The van der Waals surface area contributed by atoms with E-state index in [9.17, 15) is 14.9 Å². The van der Waals surface area contributed by atoms with E-state index in [1.807, 2.05) is 12.1 Å². The Labute approximate surface area is 204 Å². The fraction of sp³-hybridized carbons (Fsp3) is 0.0435. The quantitative estimate of drug-likeness (QED) is 0.161. The number of benzene rings is 3. The number of nitrogens with one attached hydrogen (secondary N) is 1. The summed E-state index contributed by atoms with van der Waals surface area (Å²) in [5.41, 5.74) is 4.29. The predicted molar refractivity (Wildman–Crippen MR) is 131 cm³/mol. The lowest BCUT2D eigenvalue weighted by Crippen LogP contribution is -2.16. The van der Waals surface area contributed by atoms with Gasteiger partial charge in [-0.3, -0.25) is 14.9 Å². The van der Waals surface area contributed by atoms with Crippen molar-refractivity contribution in [3.63, 3.8) is 0 Å². The number of nitrogens with zero attached hydrogens (tertiary/aromatic N) is 2. The number of hydrogen-bond donors (Lipinski definition) is 1. The Kier molecular flexibility index (Phi) is 6.85. The molecule has 1 aromatic heterocycles. The van der Waals surface area contributed by atoms with Gasteiger partial charge in [-0.15, -0.1) is 0 Å². The molecule has 0 radical (unpaired) electrons. The molecule has 10 heteroatoms. The third kappa shape index (κ3) is 5.47. The van der Waals surface area contributed by atoms with Crippen molar-refractivity contribution < 1.29 is 18.9 Å². The number of hydrogen-bond acceptors (Lipinski definition) is 6. The number of carbonyl (C=O) groups excluding carboxylic acids is 1. The summed E-state index contributed by atoms with van der Waals surface area (Å²) in [7, 11) is 0. The monoisotopic (exact) mass is 571 g/mol. The van der Waals surface area contributed by atoms with Crippen molar-refractivity contribution in [2.75, 3.05) is 0 Å². The van der Waals surface area contributed by atoms with Crippen molar-refractivity contribution >= 4 is 60.6 Å². The lowest BCUT2D eigenvalue weighted by Gasteiger charge is -2.09. The van der Waals surface area contributed by atoms with Gasteiger partial charge in [-0.05, 0) is 51.8 Å². The van der Waals surface area contributed by atoms with Crippen LogP contribution in [-0.2, 0) is 6.61 Å². The molecule has 3 aromatic carbocycles. The van der Waals surface area contributed by atoms with Crippen molar-refractivity contribution in [1.29, 1.82) is 0 Å². The normalized spacial score (nSPS) is 11.1. The van der Waals surface area contributed by atoms with Crippen LogP contribution in [0.2, 0.25) is 0 Å². The Morgan fingerprint density at radius 3 is 2.76 bits per heavy atom. The van der Waals surface area contributed by atoms with E-state index in [2.05, 4.69) is 42.4 Å². The summed E-state index contributed by atoms with van der Waals surface area (Å²) < 4.78 is 13.0. The second-order valence-corrected chi connectivity index (χ2v) is 8.64. The van der Waals surface area contributed by atoms with Crippen LogP contribution in [0.4, 0.5) is 5.69 Å². The molecular weight excluding hydrogens is 558 g/mol. The average Bonchev–Trinajstić information content (AvgIpc) is 3.23. The van der Waals surface area contributed by atoms with Crippen LogP contribution in [-0.4, -0.2) is 17.0 Å². The first kappa shape index (κ1) is 22.7. The highest BCUT2D eigenvalue weighted by atomic mass is 79.9. The summed E-state index contributed by atoms with van der Waals surface area (Å²) in [4.78, 5) is 22.9. The topological polar surface area (TPSA) is 107 Å². The third-order valence-electron chi connectivity index (χ3n) is 4.56. The minimum atomic E-state index is -0.500. The molecule has 1 N–H and O–H groups in total. The molecule has 8 nitrogen and oxygen atoms in total. The first-order valence-corrected chi connectivity index (χ1v) is 11.2. The van der Waals surface area contributed by atoms with Crippen LogP contribution in [0.1, 0.15) is 21.7 Å². The maximum Gasteiger partial charge on any atom is 0.307 e. The molecule has 1 amide bonds. The van der Waals surface area contributed by atoms with Crippen molar-refractivity contribution in [2.45, 2.75) is 6.61 Å². The van der Waals surface area contributed by atoms with Gasteiger partial charge < -0.3 is 9.15 Å². The molecule has 33 heavy (non-hydrogen) atoms. The average molecular weight is 573 g/mol. The summed E-state index contributed by atoms with van der Waals surface area (Å²) in [6.07, 6.45) is 1.45. The fourth-order valence-electron chi connectivity index (χ4n) is 3.04. The van der Waals surface area contributed by atoms with Gasteiger partial charge in [-0.1, -0.05) is 40.2 Å². The van der Waals surface area contributed by atoms with Crippen molar-refractivity contribution in [3.05, 3.63) is 103 Å². The molecule has 0 fully saturated rings. The van der Waals surface area contributed by atoms with Gasteiger partial charge in [0.2, 0.25) is 0 Å². The molecule has 166 valence electrons. The van der Waals surface area contributed by atoms with Gasteiger partial charge in [-0.2, -0.15) is 5.10 Å². The lowest BCUT2D eigenvalue weighted by molar-refractivity contribution is -0.384. The SMILES string of the molecule is O=C(N/N=C\c1ccccc1OCc1cccc([N+](=O)[O-])c1)c1cc2cc(Br)cc(Br)c2o1. The summed E-state index contributed by atoms with van der Waals surface area (Å²) in [5, 5.41) is 15.7. The molecule has 0 aliphatic heterocycles. The molecule has 4 rings (SSSR count). The highest BCUT2D eigenvalue weighted by molar-refractivity contribution is 9.11. The first-order valence-electron chi connectivity index (χ1n) is 9.58. The van der Waals surface area contributed by atoms with Gasteiger partial charge in [-0.25, -0.2) is 5.43 Å². The number of ether oxygens (including phenoxy) is 1. The van der Waals surface area contributed by atoms with Gasteiger partial charge in [0.05, 0.1) is 15.6 Å². The van der Waals surface area contributed by atoms with Gasteiger partial charge in [0.1, 0.15) is 17.9 Å². The molecule has 1 heterocycles. The largest absolute Gasteiger partial charge is 0.488 e. The highest BCUT2D eigenvalue weighted by Crippen LogP contribution is 2.31. The standard InChI is InChI=1S/C23H15Br2N3O5/c24-17-9-16-10-21(33-22(16)19(25)11-17)23(29)27-26-12-15-5-1-2-7-20(15)32-13-14-4-3-6-18(8-14)28(30)31/h1-12H,13H2,(H,27,29)/b26-12-. The van der Waals surface area contributed by atoms with E-state index < -0.39 is 10.8 Å². The van der Waals surface area contributed by atoms with Crippen molar-refractivity contribution in [1.82, 2.24) is 5.43 Å². The Hall–Kier alpha value is -3.50. The third-order valence-corrected chi connectivity index (χ3v) is 5.61. The van der Waals surface area contributed by atoms with E-state index >= 15 is 0 Å². The Morgan fingerprint density at radius 2 is 1.94 bits per heavy atom. The van der Waals surface area contributed by atoms with Gasteiger partial charge in [0.25, 0.3) is 5.69 Å². The van der Waals surface area contributed by atoms with Crippen LogP contribution in [0, 0.1) is 10.1 Å². The van der Waals surface area contributed by atoms with E-state index in [1.54, 1.807) is 42.5 Å². The fourth-order valence-corrected chi connectivity index (χ4v) is 4.38. The van der Waals surface area contributed by atoms with Crippen molar-refractivity contribution in [3.8, 4) is 5.75 Å². The van der Waals surface area contributed by atoms with E-state index in [0.29, 0.717) is 22.5 Å². The van der Waals surface area contributed by atoms with Gasteiger partial charge in [0, 0.05) is 27.6 Å². The highest BCUT2D eigenvalue weighted by Gasteiger charge is 2.14. The van der Waals surface area contributed by atoms with Crippen LogP contribution < -0.4 is 10.2 Å². The predicted octanol–water partition coefficient (Wildman–Crippen LogP) is 6.21. The molecule has 0 unspecified atom stereocenters. The second kappa shape index (κ2) is 9.97. The molecule has 0 spiro atoms. The molecule has 0 aliphatic rings. The van der Waals surface area contributed by atoms with Crippen LogP contribution in [0.15, 0.2) is 85.2 Å². The number of hydrazone groups is 1. The molecule has 0 bridgehead atoms. The number of non-ortho nitro benzene ring substituents is 1. The molecule has 0 saturated heterocycles. The number of nitro benzene ring substituents is 1. The molecule has 0 aliphatic carbocycles. The number of furan rings is 1. The minimum absolute atomic E-state index is 0.00126. The number of para-hydroxylation sites is 1. The zero-order chi connectivity index (χ0) is 23.4. The van der Waals surface area contributed by atoms with Crippen LogP contribution in [0.5, 0.6) is 5.75 Å². The molecule has 0 saturated carbocycles. The minimum Gasteiger partial charge on any atom is -0.488 e. The maximum atomic E-state index is 12.5. The zero-order valence-electron chi connectivity index (χ0n) is 16.8. The Bertz CT molecular complexity index is 1380. The van der Waals surface area contributed by atoms with E-state index in [-0.39, 0.29) is 18.1 Å². The van der Waals surface area contributed by atoms with Crippen LogP contribution in [0.3, 0.4) is 0 Å². The summed E-state index contributed by atoms with van der Waals surface area (Å²) in [5.74, 6) is 0.135. The number of halogens is 2. The summed E-state index contributed by atoms with van der Waals surface area (Å²) in [6.45, 7) is 0.141. The van der Waals surface area contributed by atoms with Crippen LogP contribution >= 0.6 is 31.9 Å².